The van der Waals surface area contributed by atoms with Crippen LogP contribution in [0.25, 0.3) is 0 Å². The number of rotatable bonds is 9. The van der Waals surface area contributed by atoms with Gasteiger partial charge in [0.25, 0.3) is 0 Å². The van der Waals surface area contributed by atoms with Crippen LogP contribution in [0, 0.1) is 0 Å². The van der Waals surface area contributed by atoms with Crippen LogP contribution in [-0.4, -0.2) is 46.9 Å². The van der Waals surface area contributed by atoms with Crippen LogP contribution < -0.4 is 5.32 Å². The van der Waals surface area contributed by atoms with Gasteiger partial charge in [-0.2, -0.15) is 0 Å². The Morgan fingerprint density at radius 2 is 1.93 bits per heavy atom. The Hall–Kier alpha value is -0.433. The molecule has 0 fully saturated rings. The first-order chi connectivity index (χ1) is 7.04. The third-order valence-electron chi connectivity index (χ3n) is 2.36. The normalized spacial score (nSPS) is 11.7. The van der Waals surface area contributed by atoms with Crippen molar-refractivity contribution in [2.75, 3.05) is 27.3 Å². The first-order valence-corrected chi connectivity index (χ1v) is 7.59. The van der Waals surface area contributed by atoms with Gasteiger partial charge in [-0.3, -0.25) is 4.79 Å². The molecule has 2 N–H and O–H groups in total. The van der Waals surface area contributed by atoms with E-state index in [2.05, 4.69) is 5.32 Å². The van der Waals surface area contributed by atoms with E-state index < -0.39 is 14.5 Å². The maximum Gasteiger partial charge on any atom is 0.334 e. The van der Waals surface area contributed by atoms with E-state index in [9.17, 15) is 4.79 Å². The van der Waals surface area contributed by atoms with Crippen molar-refractivity contribution in [2.24, 2.45) is 0 Å². The fourth-order valence-electron chi connectivity index (χ4n) is 1.14. The molecule has 5 nitrogen and oxygen atoms in total. The zero-order chi connectivity index (χ0) is 11.7. The third-order valence-corrected chi connectivity index (χ3v) is 5.35. The van der Waals surface area contributed by atoms with Crippen LogP contribution in [0.5, 0.6) is 0 Å². The van der Waals surface area contributed by atoms with Crippen molar-refractivity contribution in [3.05, 3.63) is 0 Å². The predicted octanol–water partition coefficient (Wildman–Crippen LogP) is 0.806. The predicted molar refractivity (Wildman–Crippen MR) is 60.2 cm³/mol. The van der Waals surface area contributed by atoms with Gasteiger partial charge in [-0.05, 0) is 25.6 Å². The lowest BCUT2D eigenvalue weighted by molar-refractivity contribution is -0.136. The molecule has 0 aromatic carbocycles. The smallest absolute Gasteiger partial charge is 0.334 e. The molecule has 0 saturated carbocycles. The molecule has 0 aromatic rings. The summed E-state index contributed by atoms with van der Waals surface area (Å²) in [4.78, 5) is 10.2. The third kappa shape index (κ3) is 7.49. The fraction of sp³-hybridized carbons (Fsp3) is 0.889. The molecule has 0 aliphatic rings. The lowest BCUT2D eigenvalue weighted by Gasteiger charge is -2.22. The van der Waals surface area contributed by atoms with Gasteiger partial charge in [0.2, 0.25) is 0 Å². The molecule has 90 valence electrons. The van der Waals surface area contributed by atoms with Crippen LogP contribution in [0.15, 0.2) is 0 Å². The van der Waals surface area contributed by atoms with Crippen LogP contribution >= 0.6 is 0 Å². The second-order valence-electron chi connectivity index (χ2n) is 3.54. The van der Waals surface area contributed by atoms with E-state index >= 15 is 0 Å². The first kappa shape index (κ1) is 14.6. The van der Waals surface area contributed by atoms with Gasteiger partial charge in [0.05, 0.1) is 6.42 Å². The lowest BCUT2D eigenvalue weighted by Crippen LogP contribution is -2.36. The Bertz CT molecular complexity index is 185. The Labute approximate surface area is 92.0 Å². The van der Waals surface area contributed by atoms with Gasteiger partial charge in [0.15, 0.2) is 0 Å². The van der Waals surface area contributed by atoms with E-state index in [1.807, 2.05) is 6.55 Å². The zero-order valence-electron chi connectivity index (χ0n) is 9.71. The van der Waals surface area contributed by atoms with Gasteiger partial charge in [-0.25, -0.2) is 0 Å². The number of carboxylic acid groups (broad SMARTS) is 1. The molecular weight excluding hydrogens is 214 g/mol. The summed E-state index contributed by atoms with van der Waals surface area (Å²) < 4.78 is 10.7. The van der Waals surface area contributed by atoms with Crippen LogP contribution in [0.2, 0.25) is 12.6 Å². The Balaban J connectivity index is 3.41. The van der Waals surface area contributed by atoms with E-state index in [4.69, 9.17) is 14.0 Å². The highest BCUT2D eigenvalue weighted by molar-refractivity contribution is 6.65. The molecule has 0 aliphatic heterocycles. The molecule has 0 saturated heterocycles. The maximum atomic E-state index is 10.2. The van der Waals surface area contributed by atoms with Gasteiger partial charge in [-0.1, -0.05) is 0 Å². The van der Waals surface area contributed by atoms with Crippen molar-refractivity contribution in [3.63, 3.8) is 0 Å². The van der Waals surface area contributed by atoms with Crippen molar-refractivity contribution in [3.8, 4) is 0 Å². The minimum atomic E-state index is -1.94. The molecule has 0 atom stereocenters. The summed E-state index contributed by atoms with van der Waals surface area (Å²) in [6.07, 6.45) is 1.12. The van der Waals surface area contributed by atoms with Crippen molar-refractivity contribution in [1.29, 1.82) is 0 Å². The number of carboxylic acids is 1. The van der Waals surface area contributed by atoms with E-state index in [1.165, 1.54) is 0 Å². The number of carbonyl (C=O) groups is 1. The second kappa shape index (κ2) is 7.81. The van der Waals surface area contributed by atoms with Crippen molar-refractivity contribution >= 4 is 14.5 Å². The van der Waals surface area contributed by atoms with E-state index in [1.54, 1.807) is 14.2 Å². The standard InChI is InChI=1S/C9H21NO4Si/c1-13-15(3,14-2)8-4-6-10-7-5-9(11)12/h10H,4-8H2,1-3H3,(H,11,12). The van der Waals surface area contributed by atoms with E-state index in [0.717, 1.165) is 19.0 Å². The topological polar surface area (TPSA) is 67.8 Å². The average Bonchev–Trinajstić information content (AvgIpc) is 2.22. The highest BCUT2D eigenvalue weighted by atomic mass is 28.4. The molecule has 15 heavy (non-hydrogen) atoms. The molecule has 0 unspecified atom stereocenters. The highest BCUT2D eigenvalue weighted by Crippen LogP contribution is 2.12. The number of nitrogens with one attached hydrogen (secondary N) is 1. The molecule has 0 amide bonds. The molecule has 0 radical (unpaired) electrons. The van der Waals surface area contributed by atoms with Gasteiger partial charge in [0.1, 0.15) is 0 Å². The Kier molecular flexibility index (Phi) is 7.58. The summed E-state index contributed by atoms with van der Waals surface area (Å²) in [6.45, 7) is 3.35. The first-order valence-electron chi connectivity index (χ1n) is 5.07. The van der Waals surface area contributed by atoms with Gasteiger partial charge < -0.3 is 19.3 Å². The number of hydrogen-bond donors (Lipinski definition) is 2. The SMILES string of the molecule is CO[Si](C)(CCCNCCC(=O)O)OC. The Morgan fingerprint density at radius 1 is 1.33 bits per heavy atom. The molecule has 0 heterocycles. The largest absolute Gasteiger partial charge is 0.481 e. The Morgan fingerprint density at radius 3 is 2.40 bits per heavy atom. The lowest BCUT2D eigenvalue weighted by atomic mass is 10.4. The van der Waals surface area contributed by atoms with Crippen molar-refractivity contribution in [1.82, 2.24) is 5.32 Å². The fourth-order valence-corrected chi connectivity index (χ4v) is 2.54. The summed E-state index contributed by atoms with van der Waals surface area (Å²) in [7, 11) is 1.41. The summed E-state index contributed by atoms with van der Waals surface area (Å²) in [5.74, 6) is -0.768. The monoisotopic (exact) mass is 235 g/mol. The number of hydrogen-bond acceptors (Lipinski definition) is 4. The van der Waals surface area contributed by atoms with Crippen molar-refractivity contribution in [2.45, 2.75) is 25.4 Å². The van der Waals surface area contributed by atoms with Gasteiger partial charge in [-0.15, -0.1) is 0 Å². The van der Waals surface area contributed by atoms with Gasteiger partial charge in [0, 0.05) is 20.8 Å². The second-order valence-corrected chi connectivity index (χ2v) is 7.12. The minimum Gasteiger partial charge on any atom is -0.481 e. The summed E-state index contributed by atoms with van der Waals surface area (Å²) >= 11 is 0. The molecule has 0 aromatic heterocycles. The summed E-state index contributed by atoms with van der Waals surface area (Å²) in [6, 6.07) is 0.917. The molecular formula is C9H21NO4Si. The zero-order valence-corrected chi connectivity index (χ0v) is 10.7. The molecule has 0 rings (SSSR count). The molecule has 0 aliphatic carbocycles. The molecule has 6 heteroatoms. The van der Waals surface area contributed by atoms with E-state index in [0.29, 0.717) is 6.54 Å². The molecule has 0 spiro atoms. The van der Waals surface area contributed by atoms with Crippen LogP contribution in [0.3, 0.4) is 0 Å². The van der Waals surface area contributed by atoms with Gasteiger partial charge >= 0.3 is 14.5 Å². The van der Waals surface area contributed by atoms with E-state index in [-0.39, 0.29) is 6.42 Å². The minimum absolute atomic E-state index is 0.170. The average molecular weight is 235 g/mol. The van der Waals surface area contributed by atoms with Crippen molar-refractivity contribution < 1.29 is 18.8 Å². The van der Waals surface area contributed by atoms with Crippen LogP contribution in [-0.2, 0) is 13.6 Å². The van der Waals surface area contributed by atoms with Crippen LogP contribution in [0.1, 0.15) is 12.8 Å². The van der Waals surface area contributed by atoms with Crippen LogP contribution in [0.4, 0.5) is 0 Å². The quantitative estimate of drug-likeness (QED) is 0.457. The summed E-state index contributed by atoms with van der Waals surface area (Å²) in [5, 5.41) is 11.5. The molecule has 0 bridgehead atoms. The number of aliphatic carboxylic acids is 1. The highest BCUT2D eigenvalue weighted by Gasteiger charge is 2.27. The maximum absolute atomic E-state index is 10.2. The summed E-state index contributed by atoms with van der Waals surface area (Å²) in [5.41, 5.74) is 0.